The Hall–Kier alpha value is -3.53. The Kier molecular flexibility index (Phi) is 4.99. The summed E-state index contributed by atoms with van der Waals surface area (Å²) in [6.07, 6.45) is 0.289. The molecule has 0 N–H and O–H groups in total. The van der Waals surface area contributed by atoms with Crippen molar-refractivity contribution < 1.29 is 19.1 Å². The molecule has 3 aromatic carbocycles. The highest BCUT2D eigenvalue weighted by Crippen LogP contribution is 2.46. The van der Waals surface area contributed by atoms with Gasteiger partial charge in [0.2, 0.25) is 0 Å². The van der Waals surface area contributed by atoms with Crippen molar-refractivity contribution in [2.24, 2.45) is 5.92 Å². The van der Waals surface area contributed by atoms with E-state index < -0.39 is 23.8 Å². The Labute approximate surface area is 180 Å². The predicted molar refractivity (Wildman–Crippen MR) is 116 cm³/mol. The van der Waals surface area contributed by atoms with E-state index in [9.17, 15) is 14.4 Å². The molecule has 0 saturated carbocycles. The zero-order valence-corrected chi connectivity index (χ0v) is 17.0. The maximum Gasteiger partial charge on any atom is 0.325 e. The highest BCUT2D eigenvalue weighted by atomic mass is 16.6. The van der Waals surface area contributed by atoms with Crippen LogP contribution in [0, 0.1) is 5.92 Å². The summed E-state index contributed by atoms with van der Waals surface area (Å²) in [4.78, 5) is 38.5. The number of carbonyl (C=O) groups is 3. The van der Waals surface area contributed by atoms with E-state index in [2.05, 4.69) is 0 Å². The topological polar surface area (TPSA) is 60.4 Å². The quantitative estimate of drug-likeness (QED) is 0.443. The van der Waals surface area contributed by atoms with Crippen molar-refractivity contribution in [1.29, 1.82) is 0 Å². The first-order chi connectivity index (χ1) is 15.1. The van der Waals surface area contributed by atoms with Crippen LogP contribution in [0.4, 0.5) is 0 Å². The molecule has 4 nitrogen and oxygen atoms in total. The SMILES string of the molecule is O=C(CC1c2ccccc2-c2ccccc21)C1C(=O)OC(CCc2ccccc2)C1=O. The normalized spacial score (nSPS) is 19.7. The maximum absolute atomic E-state index is 13.1. The molecule has 2 atom stereocenters. The Morgan fingerprint density at radius 1 is 0.774 bits per heavy atom. The average Bonchev–Trinajstić information content (AvgIpc) is 3.27. The minimum atomic E-state index is -1.30. The van der Waals surface area contributed by atoms with Crippen molar-refractivity contribution in [1.82, 2.24) is 0 Å². The second-order valence-electron chi connectivity index (χ2n) is 8.18. The first kappa shape index (κ1) is 19.4. The lowest BCUT2D eigenvalue weighted by molar-refractivity contribution is -0.147. The Balaban J connectivity index is 1.33. The van der Waals surface area contributed by atoms with Crippen LogP contribution in [0.15, 0.2) is 78.9 Å². The number of esters is 1. The number of carbonyl (C=O) groups excluding carboxylic acids is 3. The van der Waals surface area contributed by atoms with Crippen molar-refractivity contribution in [3.8, 4) is 11.1 Å². The Morgan fingerprint density at radius 2 is 1.35 bits per heavy atom. The number of hydrogen-bond donors (Lipinski definition) is 0. The van der Waals surface area contributed by atoms with Gasteiger partial charge in [-0.3, -0.25) is 14.4 Å². The van der Waals surface area contributed by atoms with Crippen LogP contribution in [-0.4, -0.2) is 23.6 Å². The van der Waals surface area contributed by atoms with E-state index in [0.29, 0.717) is 12.8 Å². The van der Waals surface area contributed by atoms with E-state index in [1.54, 1.807) is 0 Å². The number of rotatable bonds is 6. The molecular formula is C27H22O4. The van der Waals surface area contributed by atoms with E-state index in [1.165, 1.54) is 0 Å². The van der Waals surface area contributed by atoms with Gasteiger partial charge in [0.05, 0.1) is 0 Å². The molecule has 1 aliphatic carbocycles. The molecule has 0 amide bonds. The smallest absolute Gasteiger partial charge is 0.325 e. The van der Waals surface area contributed by atoms with Gasteiger partial charge in [0.1, 0.15) is 0 Å². The van der Waals surface area contributed by atoms with Gasteiger partial charge in [0.15, 0.2) is 23.6 Å². The fraction of sp³-hybridized carbons (Fsp3) is 0.222. The number of benzene rings is 3. The van der Waals surface area contributed by atoms with Gasteiger partial charge in [-0.15, -0.1) is 0 Å². The van der Waals surface area contributed by atoms with E-state index in [-0.39, 0.29) is 18.1 Å². The predicted octanol–water partition coefficient (Wildman–Crippen LogP) is 4.50. The minimum Gasteiger partial charge on any atom is -0.453 e. The van der Waals surface area contributed by atoms with Gasteiger partial charge in [0, 0.05) is 12.3 Å². The highest BCUT2D eigenvalue weighted by molar-refractivity contribution is 6.22. The molecule has 2 aliphatic rings. The number of ketones is 2. The summed E-state index contributed by atoms with van der Waals surface area (Å²) in [6.45, 7) is 0. The van der Waals surface area contributed by atoms with Crippen LogP contribution < -0.4 is 0 Å². The van der Waals surface area contributed by atoms with Crippen LogP contribution >= 0.6 is 0 Å². The fourth-order valence-electron chi connectivity index (χ4n) is 4.80. The molecule has 1 fully saturated rings. The molecule has 4 heteroatoms. The summed E-state index contributed by atoms with van der Waals surface area (Å²) in [5.41, 5.74) is 5.42. The molecule has 154 valence electrons. The van der Waals surface area contributed by atoms with E-state index in [4.69, 9.17) is 4.74 Å². The lowest BCUT2D eigenvalue weighted by atomic mass is 9.86. The van der Waals surface area contributed by atoms with Gasteiger partial charge in [-0.05, 0) is 40.7 Å². The summed E-state index contributed by atoms with van der Waals surface area (Å²) in [6, 6.07) is 25.7. The van der Waals surface area contributed by atoms with E-state index in [1.807, 2.05) is 78.9 Å². The van der Waals surface area contributed by atoms with Crippen LogP contribution in [-0.2, 0) is 25.5 Å². The van der Waals surface area contributed by atoms with Crippen LogP contribution in [0.25, 0.3) is 11.1 Å². The second kappa shape index (κ2) is 7.95. The van der Waals surface area contributed by atoms with Gasteiger partial charge >= 0.3 is 5.97 Å². The number of cyclic esters (lactones) is 1. The molecule has 0 bridgehead atoms. The first-order valence-corrected chi connectivity index (χ1v) is 10.6. The molecular weight excluding hydrogens is 388 g/mol. The van der Waals surface area contributed by atoms with Crippen LogP contribution in [0.2, 0.25) is 0 Å². The number of aryl methyl sites for hydroxylation is 1. The number of fused-ring (bicyclic) bond motifs is 3. The van der Waals surface area contributed by atoms with Gasteiger partial charge in [-0.1, -0.05) is 78.9 Å². The number of ether oxygens (including phenoxy) is 1. The van der Waals surface area contributed by atoms with Crippen molar-refractivity contribution in [2.75, 3.05) is 0 Å². The van der Waals surface area contributed by atoms with Crippen LogP contribution in [0.5, 0.6) is 0 Å². The molecule has 2 unspecified atom stereocenters. The van der Waals surface area contributed by atoms with Gasteiger partial charge in [-0.25, -0.2) is 0 Å². The van der Waals surface area contributed by atoms with Crippen molar-refractivity contribution >= 4 is 17.5 Å². The lowest BCUT2D eigenvalue weighted by Crippen LogP contribution is -2.29. The highest BCUT2D eigenvalue weighted by Gasteiger charge is 2.48. The lowest BCUT2D eigenvalue weighted by Gasteiger charge is -2.14. The number of hydrogen-bond acceptors (Lipinski definition) is 4. The van der Waals surface area contributed by atoms with Crippen molar-refractivity contribution in [3.63, 3.8) is 0 Å². The zero-order chi connectivity index (χ0) is 21.4. The molecule has 0 radical (unpaired) electrons. The van der Waals surface area contributed by atoms with Crippen molar-refractivity contribution in [2.45, 2.75) is 31.3 Å². The summed E-state index contributed by atoms with van der Waals surface area (Å²) in [5.74, 6) is -2.91. The third-order valence-corrected chi connectivity index (χ3v) is 6.32. The van der Waals surface area contributed by atoms with Gasteiger partial charge in [0.25, 0.3) is 0 Å². The Bertz CT molecular complexity index is 1120. The minimum absolute atomic E-state index is 0.116. The van der Waals surface area contributed by atoms with Gasteiger partial charge in [-0.2, -0.15) is 0 Å². The standard InChI is InChI=1S/C27H22O4/c28-23(16-22-20-12-6-4-10-18(20)19-11-5-7-13-21(19)22)25-26(29)24(31-27(25)30)15-14-17-8-2-1-3-9-17/h1-13,22,24-25H,14-16H2. The maximum atomic E-state index is 13.1. The molecule has 1 heterocycles. The summed E-state index contributed by atoms with van der Waals surface area (Å²) in [5, 5.41) is 0. The largest absolute Gasteiger partial charge is 0.453 e. The zero-order valence-electron chi connectivity index (χ0n) is 17.0. The summed E-state index contributed by atoms with van der Waals surface area (Å²) in [7, 11) is 0. The molecule has 1 aliphatic heterocycles. The van der Waals surface area contributed by atoms with Gasteiger partial charge < -0.3 is 4.74 Å². The monoisotopic (exact) mass is 410 g/mol. The average molecular weight is 410 g/mol. The van der Waals surface area contributed by atoms with Crippen LogP contribution in [0.1, 0.15) is 35.4 Å². The molecule has 3 aromatic rings. The first-order valence-electron chi connectivity index (χ1n) is 10.6. The third-order valence-electron chi connectivity index (χ3n) is 6.32. The molecule has 5 rings (SSSR count). The van der Waals surface area contributed by atoms with Crippen molar-refractivity contribution in [3.05, 3.63) is 95.6 Å². The van der Waals surface area contributed by atoms with Crippen LogP contribution in [0.3, 0.4) is 0 Å². The fourth-order valence-corrected chi connectivity index (χ4v) is 4.80. The third kappa shape index (κ3) is 3.48. The van der Waals surface area contributed by atoms with E-state index in [0.717, 1.165) is 27.8 Å². The molecule has 0 aromatic heterocycles. The molecule has 31 heavy (non-hydrogen) atoms. The summed E-state index contributed by atoms with van der Waals surface area (Å²) >= 11 is 0. The molecule has 0 spiro atoms. The van der Waals surface area contributed by atoms with E-state index >= 15 is 0 Å². The summed E-state index contributed by atoms with van der Waals surface area (Å²) < 4.78 is 5.32. The second-order valence-corrected chi connectivity index (χ2v) is 8.18. The number of Topliss-reactive ketones (excluding diaryl/α,β-unsaturated/α-hetero) is 2. The Morgan fingerprint density at radius 3 is 2.00 bits per heavy atom. The molecule has 1 saturated heterocycles.